The summed E-state index contributed by atoms with van der Waals surface area (Å²) in [5.41, 5.74) is 6.12. The summed E-state index contributed by atoms with van der Waals surface area (Å²) >= 11 is 0. The third-order valence-corrected chi connectivity index (χ3v) is 3.99. The number of hydrogen-bond donors (Lipinski definition) is 1. The van der Waals surface area contributed by atoms with Crippen LogP contribution in [0.15, 0.2) is 0 Å². The molecule has 16 heavy (non-hydrogen) atoms. The Hall–Kier alpha value is -0.570. The van der Waals surface area contributed by atoms with Crippen molar-refractivity contribution < 1.29 is 4.79 Å². The number of piperidine rings is 1. The third kappa shape index (κ3) is 3.78. The summed E-state index contributed by atoms with van der Waals surface area (Å²) in [6.45, 7) is 8.40. The summed E-state index contributed by atoms with van der Waals surface area (Å²) in [7, 11) is 0. The fourth-order valence-electron chi connectivity index (χ4n) is 2.16. The average molecular weight is 226 g/mol. The van der Waals surface area contributed by atoms with E-state index in [1.165, 1.54) is 6.42 Å². The van der Waals surface area contributed by atoms with E-state index in [1.807, 2.05) is 11.8 Å². The smallest absolute Gasteiger partial charge is 0.222 e. The second-order valence-electron chi connectivity index (χ2n) is 5.56. The number of rotatable bonds is 4. The fraction of sp³-hybridized carbons (Fsp3) is 0.923. The lowest BCUT2D eigenvalue weighted by atomic mass is 9.78. The molecule has 1 amide bonds. The first-order valence-corrected chi connectivity index (χ1v) is 6.50. The van der Waals surface area contributed by atoms with Crippen molar-refractivity contribution in [2.45, 2.75) is 58.9 Å². The Bertz CT molecular complexity index is 230. The molecular weight excluding hydrogens is 200 g/mol. The monoisotopic (exact) mass is 226 g/mol. The average Bonchev–Trinajstić information content (AvgIpc) is 2.27. The van der Waals surface area contributed by atoms with Crippen molar-refractivity contribution in [3.8, 4) is 0 Å². The number of carbonyl (C=O) groups is 1. The van der Waals surface area contributed by atoms with Gasteiger partial charge in [0.1, 0.15) is 0 Å². The van der Waals surface area contributed by atoms with Crippen molar-refractivity contribution in [1.82, 2.24) is 4.90 Å². The van der Waals surface area contributed by atoms with E-state index in [0.717, 1.165) is 32.4 Å². The molecule has 3 heteroatoms. The zero-order valence-electron chi connectivity index (χ0n) is 11.0. The minimum atomic E-state index is 0.134. The molecule has 0 bridgehead atoms. The van der Waals surface area contributed by atoms with Crippen molar-refractivity contribution in [3.63, 3.8) is 0 Å². The molecule has 94 valence electrons. The molecule has 1 unspecified atom stereocenters. The highest BCUT2D eigenvalue weighted by Gasteiger charge is 2.29. The first kappa shape index (κ1) is 13.5. The minimum Gasteiger partial charge on any atom is -0.343 e. The topological polar surface area (TPSA) is 46.3 Å². The van der Waals surface area contributed by atoms with E-state index in [4.69, 9.17) is 5.73 Å². The summed E-state index contributed by atoms with van der Waals surface area (Å²) < 4.78 is 0. The van der Waals surface area contributed by atoms with E-state index in [-0.39, 0.29) is 11.9 Å². The van der Waals surface area contributed by atoms with Crippen LogP contribution >= 0.6 is 0 Å². The predicted molar refractivity (Wildman–Crippen MR) is 67.1 cm³/mol. The van der Waals surface area contributed by atoms with Crippen LogP contribution in [0, 0.1) is 5.41 Å². The van der Waals surface area contributed by atoms with E-state index < -0.39 is 0 Å². The highest BCUT2D eigenvalue weighted by Crippen LogP contribution is 2.34. The zero-order chi connectivity index (χ0) is 12.2. The number of hydrogen-bond acceptors (Lipinski definition) is 2. The van der Waals surface area contributed by atoms with Crippen molar-refractivity contribution in [2.24, 2.45) is 11.1 Å². The summed E-state index contributed by atoms with van der Waals surface area (Å²) in [5, 5.41) is 0. The van der Waals surface area contributed by atoms with Crippen LogP contribution in [0.3, 0.4) is 0 Å². The van der Waals surface area contributed by atoms with Crippen molar-refractivity contribution in [2.75, 3.05) is 13.1 Å². The van der Waals surface area contributed by atoms with Crippen LogP contribution in [0.25, 0.3) is 0 Å². The van der Waals surface area contributed by atoms with Gasteiger partial charge < -0.3 is 10.6 Å². The van der Waals surface area contributed by atoms with Gasteiger partial charge in [0.05, 0.1) is 0 Å². The molecule has 1 rings (SSSR count). The van der Waals surface area contributed by atoms with Gasteiger partial charge in [-0.3, -0.25) is 4.79 Å². The van der Waals surface area contributed by atoms with Gasteiger partial charge >= 0.3 is 0 Å². The van der Waals surface area contributed by atoms with Crippen LogP contribution in [-0.4, -0.2) is 29.9 Å². The maximum Gasteiger partial charge on any atom is 0.222 e. The maximum absolute atomic E-state index is 11.9. The van der Waals surface area contributed by atoms with E-state index in [0.29, 0.717) is 11.8 Å². The van der Waals surface area contributed by atoms with Crippen LogP contribution in [0.4, 0.5) is 0 Å². The molecule has 1 atom stereocenters. The van der Waals surface area contributed by atoms with Crippen molar-refractivity contribution in [1.29, 1.82) is 0 Å². The lowest BCUT2D eigenvalue weighted by Crippen LogP contribution is -2.42. The first-order chi connectivity index (χ1) is 7.47. The van der Waals surface area contributed by atoms with Crippen molar-refractivity contribution >= 4 is 5.91 Å². The molecule has 0 aromatic heterocycles. The standard InChI is InChI=1S/C13H26N2O/c1-4-13(3)7-9-15(10-8-13)12(16)6-5-11(2)14/h11H,4-10,14H2,1-3H3. The molecule has 0 spiro atoms. The number of nitrogens with two attached hydrogens (primary N) is 1. The largest absolute Gasteiger partial charge is 0.343 e. The number of likely N-dealkylation sites (tertiary alicyclic amines) is 1. The van der Waals surface area contributed by atoms with Gasteiger partial charge in [-0.05, 0) is 31.6 Å². The molecule has 0 aromatic rings. The van der Waals surface area contributed by atoms with E-state index in [2.05, 4.69) is 13.8 Å². The summed E-state index contributed by atoms with van der Waals surface area (Å²) in [6, 6.07) is 0.134. The van der Waals surface area contributed by atoms with Crippen LogP contribution in [0.5, 0.6) is 0 Å². The van der Waals surface area contributed by atoms with Gasteiger partial charge in [-0.1, -0.05) is 20.3 Å². The number of amides is 1. The Morgan fingerprint density at radius 3 is 2.44 bits per heavy atom. The molecular formula is C13H26N2O. The summed E-state index contributed by atoms with van der Waals surface area (Å²) in [5.74, 6) is 0.287. The molecule has 2 N–H and O–H groups in total. The summed E-state index contributed by atoms with van der Waals surface area (Å²) in [6.07, 6.45) is 4.93. The van der Waals surface area contributed by atoms with E-state index in [1.54, 1.807) is 0 Å². The van der Waals surface area contributed by atoms with Crippen LogP contribution in [0.1, 0.15) is 52.9 Å². The molecule has 3 nitrogen and oxygen atoms in total. The second-order valence-corrected chi connectivity index (χ2v) is 5.56. The first-order valence-electron chi connectivity index (χ1n) is 6.50. The molecule has 1 saturated heterocycles. The Morgan fingerprint density at radius 2 is 2.00 bits per heavy atom. The zero-order valence-corrected chi connectivity index (χ0v) is 11.0. The normalized spacial score (nSPS) is 21.9. The molecule has 1 aliphatic heterocycles. The molecule has 0 aromatic carbocycles. The Morgan fingerprint density at radius 1 is 1.44 bits per heavy atom. The Balaban J connectivity index is 2.33. The van der Waals surface area contributed by atoms with Crippen LogP contribution in [-0.2, 0) is 4.79 Å². The number of nitrogens with zero attached hydrogens (tertiary/aromatic N) is 1. The summed E-state index contributed by atoms with van der Waals surface area (Å²) in [4.78, 5) is 13.9. The van der Waals surface area contributed by atoms with Gasteiger partial charge in [0.25, 0.3) is 0 Å². The van der Waals surface area contributed by atoms with Crippen LogP contribution < -0.4 is 5.73 Å². The van der Waals surface area contributed by atoms with Crippen LogP contribution in [0.2, 0.25) is 0 Å². The Kier molecular flexibility index (Phi) is 4.78. The number of carbonyl (C=O) groups excluding carboxylic acids is 1. The quantitative estimate of drug-likeness (QED) is 0.798. The van der Waals surface area contributed by atoms with E-state index >= 15 is 0 Å². The maximum atomic E-state index is 11.9. The Labute approximate surface area is 99.4 Å². The predicted octanol–water partition coefficient (Wildman–Crippen LogP) is 2.15. The highest BCUT2D eigenvalue weighted by molar-refractivity contribution is 5.76. The highest BCUT2D eigenvalue weighted by atomic mass is 16.2. The lowest BCUT2D eigenvalue weighted by molar-refractivity contribution is -0.133. The van der Waals surface area contributed by atoms with Gasteiger partial charge in [0.15, 0.2) is 0 Å². The molecule has 0 saturated carbocycles. The molecule has 0 radical (unpaired) electrons. The van der Waals surface area contributed by atoms with Gasteiger partial charge in [0, 0.05) is 25.6 Å². The van der Waals surface area contributed by atoms with Gasteiger partial charge in [0.2, 0.25) is 5.91 Å². The van der Waals surface area contributed by atoms with Crippen molar-refractivity contribution in [3.05, 3.63) is 0 Å². The molecule has 0 aliphatic carbocycles. The lowest BCUT2D eigenvalue weighted by Gasteiger charge is -2.39. The molecule has 1 aliphatic rings. The second kappa shape index (κ2) is 5.67. The minimum absolute atomic E-state index is 0.134. The SMILES string of the molecule is CCC1(C)CCN(C(=O)CCC(C)N)CC1. The molecule has 1 heterocycles. The van der Waals surface area contributed by atoms with E-state index in [9.17, 15) is 4.79 Å². The fourth-order valence-corrected chi connectivity index (χ4v) is 2.16. The van der Waals surface area contributed by atoms with Gasteiger partial charge in [-0.15, -0.1) is 0 Å². The molecule has 1 fully saturated rings. The van der Waals surface area contributed by atoms with Gasteiger partial charge in [-0.25, -0.2) is 0 Å². The van der Waals surface area contributed by atoms with Gasteiger partial charge in [-0.2, -0.15) is 0 Å². The third-order valence-electron chi connectivity index (χ3n) is 3.99.